The van der Waals surface area contributed by atoms with Gasteiger partial charge in [-0.25, -0.2) is 0 Å². The van der Waals surface area contributed by atoms with Crippen molar-refractivity contribution < 1.29 is 14.3 Å². The molecule has 2 aliphatic heterocycles. The molecule has 3 fully saturated rings. The first-order valence-electron chi connectivity index (χ1n) is 8.33. The Hall–Kier alpha value is -0.610. The van der Waals surface area contributed by atoms with Crippen LogP contribution in [0.1, 0.15) is 57.8 Å². The van der Waals surface area contributed by atoms with Crippen LogP contribution in [0.5, 0.6) is 0 Å². The van der Waals surface area contributed by atoms with E-state index < -0.39 is 0 Å². The molecule has 0 aromatic heterocycles. The van der Waals surface area contributed by atoms with Gasteiger partial charge in [-0.2, -0.15) is 0 Å². The zero-order chi connectivity index (χ0) is 13.8. The van der Waals surface area contributed by atoms with Gasteiger partial charge in [-0.05, 0) is 25.2 Å². The molecule has 3 aliphatic rings. The Bertz CT molecular complexity index is 323. The molecule has 0 N–H and O–H groups in total. The minimum Gasteiger partial charge on any atom is -0.350 e. The summed E-state index contributed by atoms with van der Waals surface area (Å²) < 4.78 is 11.6. The third-order valence-corrected chi connectivity index (χ3v) is 5.08. The van der Waals surface area contributed by atoms with Crippen LogP contribution in [-0.2, 0) is 14.3 Å². The molecule has 2 saturated heterocycles. The van der Waals surface area contributed by atoms with Crippen LogP contribution in [0, 0.1) is 5.92 Å². The van der Waals surface area contributed by atoms with E-state index in [0.717, 1.165) is 52.0 Å². The zero-order valence-corrected chi connectivity index (χ0v) is 12.4. The van der Waals surface area contributed by atoms with Crippen LogP contribution in [0.25, 0.3) is 0 Å². The Morgan fingerprint density at radius 2 is 1.65 bits per heavy atom. The number of hydrogen-bond acceptors (Lipinski definition) is 3. The summed E-state index contributed by atoms with van der Waals surface area (Å²) in [4.78, 5) is 14.4. The van der Waals surface area contributed by atoms with Crippen molar-refractivity contribution >= 4 is 5.91 Å². The van der Waals surface area contributed by atoms with Gasteiger partial charge in [0.1, 0.15) is 0 Å². The van der Waals surface area contributed by atoms with Crippen molar-refractivity contribution in [3.63, 3.8) is 0 Å². The van der Waals surface area contributed by atoms with Crippen LogP contribution >= 0.6 is 0 Å². The summed E-state index contributed by atoms with van der Waals surface area (Å²) in [5.41, 5.74) is 0. The molecule has 114 valence electrons. The van der Waals surface area contributed by atoms with E-state index in [-0.39, 0.29) is 5.79 Å². The lowest BCUT2D eigenvalue weighted by Crippen LogP contribution is -2.51. The first-order chi connectivity index (χ1) is 9.77. The second-order valence-corrected chi connectivity index (χ2v) is 6.55. The molecule has 4 heteroatoms. The average Bonchev–Trinajstić information content (AvgIpc) is 2.50. The molecule has 4 nitrogen and oxygen atoms in total. The summed E-state index contributed by atoms with van der Waals surface area (Å²) >= 11 is 0. The van der Waals surface area contributed by atoms with Crippen molar-refractivity contribution in [2.45, 2.75) is 63.6 Å². The maximum atomic E-state index is 12.4. The number of carbonyl (C=O) groups is 1. The standard InChI is InChI=1S/C16H27NO3/c18-15(13-14-5-2-1-3-6-14)17-9-7-16(8-10-17)19-11-4-12-20-16/h14H,1-13H2. The first-order valence-corrected chi connectivity index (χ1v) is 8.33. The zero-order valence-electron chi connectivity index (χ0n) is 12.4. The van der Waals surface area contributed by atoms with Gasteiger partial charge < -0.3 is 14.4 Å². The molecule has 0 atom stereocenters. The van der Waals surface area contributed by atoms with Crippen LogP contribution in [-0.4, -0.2) is 42.9 Å². The van der Waals surface area contributed by atoms with Gasteiger partial charge in [-0.3, -0.25) is 4.79 Å². The minimum atomic E-state index is -0.375. The lowest BCUT2D eigenvalue weighted by Gasteiger charge is -2.43. The number of piperidine rings is 1. The number of ether oxygens (including phenoxy) is 2. The quantitative estimate of drug-likeness (QED) is 0.781. The lowest BCUT2D eigenvalue weighted by atomic mass is 9.86. The van der Waals surface area contributed by atoms with Crippen molar-refractivity contribution in [2.75, 3.05) is 26.3 Å². The summed E-state index contributed by atoms with van der Waals surface area (Å²) in [6.45, 7) is 3.20. The molecule has 0 radical (unpaired) electrons. The Morgan fingerprint density at radius 1 is 1.00 bits per heavy atom. The summed E-state index contributed by atoms with van der Waals surface area (Å²) in [6, 6.07) is 0. The van der Waals surface area contributed by atoms with E-state index in [1.54, 1.807) is 0 Å². The molecule has 1 aliphatic carbocycles. The maximum absolute atomic E-state index is 12.4. The van der Waals surface area contributed by atoms with Gasteiger partial charge >= 0.3 is 0 Å². The van der Waals surface area contributed by atoms with E-state index in [1.165, 1.54) is 32.1 Å². The molecule has 0 unspecified atom stereocenters. The summed E-state index contributed by atoms with van der Waals surface area (Å²) in [5, 5.41) is 0. The number of likely N-dealkylation sites (tertiary alicyclic amines) is 1. The van der Waals surface area contributed by atoms with Crippen molar-refractivity contribution in [2.24, 2.45) is 5.92 Å². The molecular weight excluding hydrogens is 254 g/mol. The van der Waals surface area contributed by atoms with Gasteiger partial charge in [0.05, 0.1) is 13.2 Å². The van der Waals surface area contributed by atoms with Gasteiger partial charge in [0.15, 0.2) is 5.79 Å². The largest absolute Gasteiger partial charge is 0.350 e. The van der Waals surface area contributed by atoms with Crippen LogP contribution in [0.2, 0.25) is 0 Å². The SMILES string of the molecule is O=C(CC1CCCCC1)N1CCC2(CC1)OCCCO2. The number of nitrogens with zero attached hydrogens (tertiary/aromatic N) is 1. The van der Waals surface area contributed by atoms with Crippen LogP contribution in [0.15, 0.2) is 0 Å². The molecule has 0 aromatic carbocycles. The van der Waals surface area contributed by atoms with Crippen molar-refractivity contribution in [1.29, 1.82) is 0 Å². The van der Waals surface area contributed by atoms with Crippen molar-refractivity contribution in [3.05, 3.63) is 0 Å². The first kappa shape index (κ1) is 14.3. The van der Waals surface area contributed by atoms with Crippen molar-refractivity contribution in [1.82, 2.24) is 4.90 Å². The van der Waals surface area contributed by atoms with E-state index in [2.05, 4.69) is 0 Å². The molecule has 0 bridgehead atoms. The molecule has 20 heavy (non-hydrogen) atoms. The third-order valence-electron chi connectivity index (χ3n) is 5.08. The van der Waals surface area contributed by atoms with Crippen molar-refractivity contribution in [3.8, 4) is 0 Å². The van der Waals surface area contributed by atoms with E-state index in [0.29, 0.717) is 11.8 Å². The van der Waals surface area contributed by atoms with E-state index in [1.807, 2.05) is 4.90 Å². The fourth-order valence-corrected chi connectivity index (χ4v) is 3.77. The average molecular weight is 281 g/mol. The van der Waals surface area contributed by atoms with Gasteiger partial charge in [0, 0.05) is 32.4 Å². The highest BCUT2D eigenvalue weighted by Crippen LogP contribution is 2.32. The predicted octanol–water partition coefficient (Wildman–Crippen LogP) is 2.71. The second-order valence-electron chi connectivity index (χ2n) is 6.55. The number of rotatable bonds is 2. The highest BCUT2D eigenvalue weighted by atomic mass is 16.7. The van der Waals surface area contributed by atoms with Gasteiger partial charge in [0.25, 0.3) is 0 Å². The lowest BCUT2D eigenvalue weighted by molar-refractivity contribution is -0.282. The molecule has 1 amide bonds. The molecular formula is C16H27NO3. The van der Waals surface area contributed by atoms with E-state index in [9.17, 15) is 4.79 Å². The maximum Gasteiger partial charge on any atom is 0.222 e. The smallest absolute Gasteiger partial charge is 0.222 e. The topological polar surface area (TPSA) is 38.8 Å². The molecule has 2 heterocycles. The number of carbonyl (C=O) groups excluding carboxylic acids is 1. The van der Waals surface area contributed by atoms with E-state index >= 15 is 0 Å². The van der Waals surface area contributed by atoms with Crippen LogP contribution in [0.3, 0.4) is 0 Å². The van der Waals surface area contributed by atoms with Gasteiger partial charge in [0.2, 0.25) is 5.91 Å². The summed E-state index contributed by atoms with van der Waals surface area (Å²) in [6.07, 6.45) is 9.89. The Labute approximate surface area is 121 Å². The van der Waals surface area contributed by atoms with Gasteiger partial charge in [-0.15, -0.1) is 0 Å². The van der Waals surface area contributed by atoms with Crippen LogP contribution < -0.4 is 0 Å². The highest BCUT2D eigenvalue weighted by Gasteiger charge is 2.39. The Balaban J connectivity index is 1.46. The second kappa shape index (κ2) is 6.44. The minimum absolute atomic E-state index is 0.350. The fourth-order valence-electron chi connectivity index (χ4n) is 3.77. The summed E-state index contributed by atoms with van der Waals surface area (Å²) in [5.74, 6) is 0.608. The highest BCUT2D eigenvalue weighted by molar-refractivity contribution is 5.76. The third kappa shape index (κ3) is 3.34. The normalized spacial score (nSPS) is 27.7. The summed E-state index contributed by atoms with van der Waals surface area (Å²) in [7, 11) is 0. The molecule has 1 saturated carbocycles. The fraction of sp³-hybridized carbons (Fsp3) is 0.938. The molecule has 1 spiro atoms. The number of hydrogen-bond donors (Lipinski definition) is 0. The van der Waals surface area contributed by atoms with E-state index in [4.69, 9.17) is 9.47 Å². The monoisotopic (exact) mass is 281 g/mol. The number of amides is 1. The Morgan fingerprint density at radius 3 is 2.30 bits per heavy atom. The molecule has 0 aromatic rings. The Kier molecular flexibility index (Phi) is 4.61. The van der Waals surface area contributed by atoms with Gasteiger partial charge in [-0.1, -0.05) is 19.3 Å². The van der Waals surface area contributed by atoms with Crippen LogP contribution in [0.4, 0.5) is 0 Å². The molecule has 3 rings (SSSR count). The predicted molar refractivity (Wildman–Crippen MR) is 76.3 cm³/mol.